The number of halogens is 2. The molecule has 0 unspecified atom stereocenters. The number of aromatic nitrogens is 1. The van der Waals surface area contributed by atoms with Crippen LogP contribution in [0.15, 0.2) is 49.8 Å². The van der Waals surface area contributed by atoms with E-state index in [1.165, 1.54) is 5.56 Å². The molecule has 1 aromatic heterocycles. The lowest BCUT2D eigenvalue weighted by Crippen LogP contribution is -1.99. The van der Waals surface area contributed by atoms with Gasteiger partial charge in [-0.2, -0.15) is 0 Å². The summed E-state index contributed by atoms with van der Waals surface area (Å²) in [6.07, 6.45) is 0. The summed E-state index contributed by atoms with van der Waals surface area (Å²) in [5.74, 6) is 0.689. The van der Waals surface area contributed by atoms with Crippen LogP contribution in [0.2, 0.25) is 0 Å². The second kappa shape index (κ2) is 5.58. The summed E-state index contributed by atoms with van der Waals surface area (Å²) in [6, 6.07) is 12.2. The molecule has 0 aliphatic rings. The number of nitrogens with zero attached hydrogens (tertiary/aromatic N) is 1. The first-order chi connectivity index (χ1) is 9.61. The van der Waals surface area contributed by atoms with Gasteiger partial charge in [0, 0.05) is 28.1 Å². The van der Waals surface area contributed by atoms with Crippen molar-refractivity contribution in [1.29, 1.82) is 0 Å². The Labute approximate surface area is 133 Å². The van der Waals surface area contributed by atoms with E-state index in [9.17, 15) is 0 Å². The first-order valence-corrected chi connectivity index (χ1v) is 7.75. The number of nitrogens with one attached hydrogen (secondary N) is 1. The van der Waals surface area contributed by atoms with Crippen molar-refractivity contribution < 1.29 is 4.42 Å². The van der Waals surface area contributed by atoms with E-state index in [0.29, 0.717) is 5.89 Å². The van der Waals surface area contributed by atoms with Gasteiger partial charge in [0.2, 0.25) is 0 Å². The number of aryl methyl sites for hydroxylation is 1. The van der Waals surface area contributed by atoms with Crippen molar-refractivity contribution in [1.82, 2.24) is 4.98 Å². The molecule has 3 nitrogen and oxygen atoms in total. The third kappa shape index (κ3) is 2.88. The number of oxazole rings is 1. The molecule has 0 spiro atoms. The minimum atomic E-state index is 0.689. The van der Waals surface area contributed by atoms with Gasteiger partial charge in [-0.3, -0.25) is 0 Å². The van der Waals surface area contributed by atoms with Crippen molar-refractivity contribution in [3.05, 3.63) is 56.8 Å². The fourth-order valence-electron chi connectivity index (χ4n) is 2.01. The third-order valence-electron chi connectivity index (χ3n) is 2.98. The van der Waals surface area contributed by atoms with Crippen LogP contribution in [0.3, 0.4) is 0 Å². The summed E-state index contributed by atoms with van der Waals surface area (Å²) in [6.45, 7) is 2.61. The molecule has 2 aromatic carbocycles. The van der Waals surface area contributed by atoms with Crippen molar-refractivity contribution >= 4 is 48.6 Å². The highest BCUT2D eigenvalue weighted by atomic mass is 79.9. The minimum Gasteiger partial charge on any atom is -0.441 e. The maximum absolute atomic E-state index is 5.46. The van der Waals surface area contributed by atoms with E-state index in [1.807, 2.05) is 31.2 Å². The normalized spacial score (nSPS) is 10.9. The van der Waals surface area contributed by atoms with Gasteiger partial charge in [0.1, 0.15) is 5.52 Å². The number of hydrogen-bond donors (Lipinski definition) is 1. The van der Waals surface area contributed by atoms with Crippen LogP contribution in [0.4, 0.5) is 5.69 Å². The lowest BCUT2D eigenvalue weighted by molar-refractivity contribution is 0.561. The Morgan fingerprint density at radius 1 is 1.10 bits per heavy atom. The zero-order chi connectivity index (χ0) is 14.1. The van der Waals surface area contributed by atoms with Crippen LogP contribution in [0.5, 0.6) is 0 Å². The molecule has 102 valence electrons. The van der Waals surface area contributed by atoms with Crippen LogP contribution in [0.25, 0.3) is 11.1 Å². The van der Waals surface area contributed by atoms with Crippen LogP contribution >= 0.6 is 31.9 Å². The Bertz CT molecular complexity index is 768. The van der Waals surface area contributed by atoms with Gasteiger partial charge in [0.25, 0.3) is 0 Å². The molecule has 0 bridgehead atoms. The molecule has 3 aromatic rings. The van der Waals surface area contributed by atoms with Gasteiger partial charge in [-0.25, -0.2) is 4.98 Å². The van der Waals surface area contributed by atoms with Crippen LogP contribution in [-0.4, -0.2) is 4.98 Å². The summed E-state index contributed by atoms with van der Waals surface area (Å²) in [5.41, 5.74) is 3.94. The monoisotopic (exact) mass is 394 g/mol. The summed E-state index contributed by atoms with van der Waals surface area (Å²) in [5, 5.41) is 3.39. The lowest BCUT2D eigenvalue weighted by Gasteiger charge is -2.07. The summed E-state index contributed by atoms with van der Waals surface area (Å²) < 4.78 is 7.58. The average Bonchev–Trinajstić information content (AvgIpc) is 2.79. The van der Waals surface area contributed by atoms with Crippen LogP contribution in [0, 0.1) is 6.92 Å². The number of hydrogen-bond acceptors (Lipinski definition) is 3. The fourth-order valence-corrected chi connectivity index (χ4v) is 2.68. The first-order valence-electron chi connectivity index (χ1n) is 6.17. The quantitative estimate of drug-likeness (QED) is 0.656. The van der Waals surface area contributed by atoms with Crippen LogP contribution in [-0.2, 0) is 6.54 Å². The van der Waals surface area contributed by atoms with Crippen molar-refractivity contribution in [2.45, 2.75) is 13.5 Å². The van der Waals surface area contributed by atoms with Gasteiger partial charge in [0.05, 0.1) is 0 Å². The van der Waals surface area contributed by atoms with Crippen molar-refractivity contribution in [2.75, 3.05) is 5.32 Å². The Morgan fingerprint density at radius 3 is 2.75 bits per heavy atom. The van der Waals surface area contributed by atoms with Crippen molar-refractivity contribution in [3.63, 3.8) is 0 Å². The van der Waals surface area contributed by atoms with Gasteiger partial charge < -0.3 is 9.73 Å². The fraction of sp³-hybridized carbons (Fsp3) is 0.133. The molecule has 1 N–H and O–H groups in total. The van der Waals surface area contributed by atoms with E-state index in [-0.39, 0.29) is 0 Å². The second-order valence-electron chi connectivity index (χ2n) is 4.52. The SMILES string of the molecule is Cc1nc2cc(NCc3ccc(Br)c(Br)c3)ccc2o1. The van der Waals surface area contributed by atoms with Crippen LogP contribution in [0.1, 0.15) is 11.5 Å². The Morgan fingerprint density at radius 2 is 1.95 bits per heavy atom. The molecule has 0 saturated heterocycles. The first kappa shape index (κ1) is 13.6. The molecule has 0 saturated carbocycles. The Hall–Kier alpha value is -1.33. The number of rotatable bonds is 3. The predicted molar refractivity (Wildman–Crippen MR) is 87.9 cm³/mol. The Kier molecular flexibility index (Phi) is 3.81. The third-order valence-corrected chi connectivity index (χ3v) is 4.85. The summed E-state index contributed by atoms with van der Waals surface area (Å²) in [4.78, 5) is 4.33. The maximum Gasteiger partial charge on any atom is 0.192 e. The van der Waals surface area contributed by atoms with E-state index in [4.69, 9.17) is 4.42 Å². The molecular weight excluding hydrogens is 384 g/mol. The van der Waals surface area contributed by atoms with Crippen LogP contribution < -0.4 is 5.32 Å². The molecule has 1 heterocycles. The summed E-state index contributed by atoms with van der Waals surface area (Å²) >= 11 is 6.98. The lowest BCUT2D eigenvalue weighted by atomic mass is 10.2. The Balaban J connectivity index is 1.77. The van der Waals surface area contributed by atoms with Gasteiger partial charge in [-0.05, 0) is 67.8 Å². The van der Waals surface area contributed by atoms with Gasteiger partial charge in [0.15, 0.2) is 11.5 Å². The number of fused-ring (bicyclic) bond motifs is 1. The van der Waals surface area contributed by atoms with Gasteiger partial charge in [-0.1, -0.05) is 6.07 Å². The summed E-state index contributed by atoms with van der Waals surface area (Å²) in [7, 11) is 0. The number of benzene rings is 2. The molecule has 0 fully saturated rings. The molecular formula is C15H12Br2N2O. The predicted octanol–water partition coefficient (Wildman–Crippen LogP) is 5.27. The number of anilines is 1. The van der Waals surface area contributed by atoms with Crippen molar-refractivity contribution in [3.8, 4) is 0 Å². The average molecular weight is 396 g/mol. The smallest absolute Gasteiger partial charge is 0.192 e. The molecule has 0 aliphatic heterocycles. The maximum atomic E-state index is 5.46. The molecule has 0 atom stereocenters. The minimum absolute atomic E-state index is 0.689. The molecule has 0 aliphatic carbocycles. The van der Waals surface area contributed by atoms with Crippen molar-refractivity contribution in [2.24, 2.45) is 0 Å². The zero-order valence-corrected chi connectivity index (χ0v) is 14.0. The highest BCUT2D eigenvalue weighted by molar-refractivity contribution is 9.13. The molecule has 0 amide bonds. The highest BCUT2D eigenvalue weighted by Crippen LogP contribution is 2.25. The van der Waals surface area contributed by atoms with Gasteiger partial charge >= 0.3 is 0 Å². The molecule has 20 heavy (non-hydrogen) atoms. The van der Waals surface area contributed by atoms with E-state index >= 15 is 0 Å². The largest absolute Gasteiger partial charge is 0.441 e. The van der Waals surface area contributed by atoms with E-state index < -0.39 is 0 Å². The molecule has 5 heteroatoms. The molecule has 0 radical (unpaired) electrons. The van der Waals surface area contributed by atoms with E-state index in [1.54, 1.807) is 0 Å². The highest BCUT2D eigenvalue weighted by Gasteiger charge is 2.03. The molecule has 3 rings (SSSR count). The van der Waals surface area contributed by atoms with E-state index in [2.05, 4.69) is 54.3 Å². The standard InChI is InChI=1S/C15H12Br2N2O/c1-9-19-14-7-11(3-5-15(14)20-9)18-8-10-2-4-12(16)13(17)6-10/h2-7,18H,8H2,1H3. The topological polar surface area (TPSA) is 38.1 Å². The zero-order valence-electron chi connectivity index (χ0n) is 10.8. The van der Waals surface area contributed by atoms with Gasteiger partial charge in [-0.15, -0.1) is 0 Å². The second-order valence-corrected chi connectivity index (χ2v) is 6.23. The van der Waals surface area contributed by atoms with E-state index in [0.717, 1.165) is 32.3 Å².